The van der Waals surface area contributed by atoms with E-state index >= 15 is 0 Å². The van der Waals surface area contributed by atoms with Gasteiger partial charge in [0.05, 0.1) is 7.05 Å². The summed E-state index contributed by atoms with van der Waals surface area (Å²) >= 11 is 0. The molecule has 1 unspecified atom stereocenters. The first-order chi connectivity index (χ1) is 12.8. The highest BCUT2D eigenvalue weighted by atomic mass is 15.2. The lowest BCUT2D eigenvalue weighted by Gasteiger charge is -2.40. The van der Waals surface area contributed by atoms with Crippen LogP contribution < -0.4 is 4.90 Å². The van der Waals surface area contributed by atoms with Gasteiger partial charge in [0.15, 0.2) is 0 Å². The van der Waals surface area contributed by atoms with Gasteiger partial charge in [-0.15, -0.1) is 0 Å². The molecule has 1 aliphatic rings. The Hall–Kier alpha value is -2.64. The molecule has 0 aromatic heterocycles. The van der Waals surface area contributed by atoms with Crippen LogP contribution in [0.2, 0.25) is 0 Å². The molecule has 0 aliphatic carbocycles. The van der Waals surface area contributed by atoms with E-state index in [1.54, 1.807) is 0 Å². The van der Waals surface area contributed by atoms with E-state index in [0.717, 1.165) is 0 Å². The molecule has 0 radical (unpaired) electrons. The summed E-state index contributed by atoms with van der Waals surface area (Å²) in [5.74, 6) is 0.458. The van der Waals surface area contributed by atoms with Crippen LogP contribution in [0, 0.1) is 5.92 Å². The second-order valence-electron chi connectivity index (χ2n) is 7.30. The Morgan fingerprint density at radius 3 is 1.73 bits per heavy atom. The van der Waals surface area contributed by atoms with Gasteiger partial charge in [0.25, 0.3) is 0 Å². The summed E-state index contributed by atoms with van der Waals surface area (Å²) in [6, 6.07) is 33.5. The highest BCUT2D eigenvalue weighted by Crippen LogP contribution is 2.37. The molecule has 1 nitrogen and oxygen atoms in total. The molecule has 1 N–H and O–H groups in total. The molecule has 0 spiro atoms. The summed E-state index contributed by atoms with van der Waals surface area (Å²) in [6.45, 7) is 2.38. The molecule has 3 aromatic rings. The van der Waals surface area contributed by atoms with Gasteiger partial charge in [-0.3, -0.25) is 0 Å². The van der Waals surface area contributed by atoms with Crippen molar-refractivity contribution in [2.45, 2.75) is 19.0 Å². The molecule has 0 amide bonds. The molecule has 1 heterocycles. The zero-order valence-corrected chi connectivity index (χ0v) is 15.5. The first kappa shape index (κ1) is 16.8. The predicted octanol–water partition coefficient (Wildman–Crippen LogP) is 4.72. The van der Waals surface area contributed by atoms with Gasteiger partial charge in [-0.1, -0.05) is 97.9 Å². The van der Waals surface area contributed by atoms with Crippen LogP contribution in [0.4, 0.5) is 0 Å². The van der Waals surface area contributed by atoms with Crippen LogP contribution >= 0.6 is 0 Å². The molecule has 3 aromatic carbocycles. The molecule has 0 saturated carbocycles. The summed E-state index contributed by atoms with van der Waals surface area (Å²) in [7, 11) is 2.34. The topological polar surface area (TPSA) is 4.44 Å². The Kier molecular flexibility index (Phi) is 4.73. The fourth-order valence-corrected chi connectivity index (χ4v) is 4.45. The van der Waals surface area contributed by atoms with Gasteiger partial charge in [-0.2, -0.15) is 0 Å². The van der Waals surface area contributed by atoms with Gasteiger partial charge in [0.1, 0.15) is 12.1 Å². The summed E-state index contributed by atoms with van der Waals surface area (Å²) < 4.78 is 0. The van der Waals surface area contributed by atoms with E-state index in [4.69, 9.17) is 0 Å². The minimum absolute atomic E-state index is 0.354. The Bertz CT molecular complexity index is 868. The van der Waals surface area contributed by atoms with Crippen molar-refractivity contribution < 1.29 is 4.90 Å². The lowest BCUT2D eigenvalue weighted by atomic mass is 9.78. The predicted molar refractivity (Wildman–Crippen MR) is 109 cm³/mol. The molecule has 0 saturated heterocycles. The largest absolute Gasteiger partial charge is 0.321 e. The third kappa shape index (κ3) is 3.11. The lowest BCUT2D eigenvalue weighted by molar-refractivity contribution is -0.941. The number of benzene rings is 3. The van der Waals surface area contributed by atoms with E-state index < -0.39 is 0 Å². The molecular weight excluding hydrogens is 314 g/mol. The van der Waals surface area contributed by atoms with Crippen LogP contribution in [0.1, 0.15) is 35.7 Å². The zero-order valence-electron chi connectivity index (χ0n) is 15.5. The van der Waals surface area contributed by atoms with Gasteiger partial charge in [-0.05, 0) is 17.2 Å². The minimum Gasteiger partial charge on any atom is -0.321 e. The van der Waals surface area contributed by atoms with Crippen LogP contribution in [0.5, 0.6) is 0 Å². The van der Waals surface area contributed by atoms with E-state index in [1.807, 2.05) is 0 Å². The minimum atomic E-state index is 0.354. The summed E-state index contributed by atoms with van der Waals surface area (Å²) in [4.78, 5) is 1.54. The molecule has 130 valence electrons. The van der Waals surface area contributed by atoms with Crippen LogP contribution in [-0.4, -0.2) is 7.05 Å². The van der Waals surface area contributed by atoms with Crippen LogP contribution in [0.25, 0.3) is 5.57 Å². The monoisotopic (exact) mass is 340 g/mol. The zero-order chi connectivity index (χ0) is 17.9. The van der Waals surface area contributed by atoms with Crippen molar-refractivity contribution in [2.24, 2.45) is 5.92 Å². The van der Waals surface area contributed by atoms with Gasteiger partial charge < -0.3 is 4.90 Å². The maximum Gasteiger partial charge on any atom is 0.133 e. The Labute approximate surface area is 156 Å². The van der Waals surface area contributed by atoms with E-state index in [-0.39, 0.29) is 0 Å². The van der Waals surface area contributed by atoms with Crippen molar-refractivity contribution in [3.8, 4) is 0 Å². The normalized spacial score (nSPS) is 25.5. The van der Waals surface area contributed by atoms with Crippen molar-refractivity contribution in [3.05, 3.63) is 114 Å². The molecule has 1 heteroatoms. The fraction of sp³-hybridized carbons (Fsp3) is 0.200. The third-order valence-electron chi connectivity index (χ3n) is 5.74. The average Bonchev–Trinajstić information content (AvgIpc) is 2.70. The first-order valence-corrected chi connectivity index (χ1v) is 9.46. The van der Waals surface area contributed by atoms with E-state index in [9.17, 15) is 0 Å². The van der Waals surface area contributed by atoms with Crippen LogP contribution in [0.3, 0.4) is 0 Å². The van der Waals surface area contributed by atoms with Gasteiger partial charge in [-0.25, -0.2) is 0 Å². The summed E-state index contributed by atoms with van der Waals surface area (Å²) in [5.41, 5.74) is 5.60. The number of hydrogen-bond acceptors (Lipinski definition) is 0. The quantitative estimate of drug-likeness (QED) is 0.704. The maximum absolute atomic E-state index is 2.49. The van der Waals surface area contributed by atoms with Crippen molar-refractivity contribution in [2.75, 3.05) is 7.05 Å². The third-order valence-corrected chi connectivity index (χ3v) is 5.74. The number of nitrogens with one attached hydrogen (secondary N) is 1. The smallest absolute Gasteiger partial charge is 0.133 e. The molecule has 4 rings (SSSR count). The lowest BCUT2D eigenvalue weighted by Crippen LogP contribution is -3.10. The van der Waals surface area contributed by atoms with Crippen molar-refractivity contribution in [1.82, 2.24) is 0 Å². The van der Waals surface area contributed by atoms with Crippen LogP contribution in [-0.2, 0) is 0 Å². The highest BCUT2D eigenvalue weighted by molar-refractivity contribution is 5.69. The van der Waals surface area contributed by atoms with Gasteiger partial charge >= 0.3 is 0 Å². The maximum atomic E-state index is 2.49. The second-order valence-corrected chi connectivity index (χ2v) is 7.30. The van der Waals surface area contributed by atoms with E-state index in [0.29, 0.717) is 18.0 Å². The second kappa shape index (κ2) is 7.31. The first-order valence-electron chi connectivity index (χ1n) is 9.46. The number of likely N-dealkylation sites (N-methyl/N-ethyl adjacent to an activating group) is 1. The molecule has 1 aliphatic heterocycles. The number of hydrogen-bond donors (Lipinski definition) is 1. The molecular formula is C25H26N+. The molecule has 0 bridgehead atoms. The SMILES string of the molecule is C[C@H]1C(c2ccccc2)=C[C@@H](c2ccccc2)[NH+](C)[C@H]1c1ccccc1. The Morgan fingerprint density at radius 2 is 1.15 bits per heavy atom. The Morgan fingerprint density at radius 1 is 0.654 bits per heavy atom. The fourth-order valence-electron chi connectivity index (χ4n) is 4.45. The van der Waals surface area contributed by atoms with Gasteiger partial charge in [0, 0.05) is 17.0 Å². The van der Waals surface area contributed by atoms with Crippen molar-refractivity contribution in [3.63, 3.8) is 0 Å². The molecule has 26 heavy (non-hydrogen) atoms. The standard InChI is InChI=1S/C25H25N/c1-19-23(20-12-6-3-7-13-20)18-24(21-14-8-4-9-15-21)26(2)25(19)22-16-10-5-11-17-22/h3-19,24-25H,1-2H3/p+1/t19-,24-,25+/m0/s1. The van der Waals surface area contributed by atoms with Crippen molar-refractivity contribution >= 4 is 5.57 Å². The molecule has 0 fully saturated rings. The van der Waals surface area contributed by atoms with E-state index in [2.05, 4.69) is 111 Å². The van der Waals surface area contributed by atoms with Gasteiger partial charge in [0.2, 0.25) is 0 Å². The summed E-state index contributed by atoms with van der Waals surface area (Å²) in [5, 5.41) is 0. The summed E-state index contributed by atoms with van der Waals surface area (Å²) in [6.07, 6.45) is 2.49. The van der Waals surface area contributed by atoms with E-state index in [1.165, 1.54) is 27.2 Å². The number of rotatable bonds is 3. The molecule has 4 atom stereocenters. The number of quaternary nitrogens is 1. The highest BCUT2D eigenvalue weighted by Gasteiger charge is 2.39. The Balaban J connectivity index is 1.84. The van der Waals surface area contributed by atoms with Crippen molar-refractivity contribution in [1.29, 1.82) is 0 Å². The average molecular weight is 340 g/mol. The van der Waals surface area contributed by atoms with Crippen LogP contribution in [0.15, 0.2) is 97.1 Å².